The molecule has 0 saturated carbocycles. The first-order chi connectivity index (χ1) is 12.9. The lowest BCUT2D eigenvalue weighted by molar-refractivity contribution is -0.153. The topological polar surface area (TPSA) is 84.5 Å². The number of benzene rings is 2. The number of para-hydroxylation sites is 1. The number of carbonyl (C=O) groups is 3. The number of ether oxygens (including phenoxy) is 1. The Morgan fingerprint density at radius 3 is 2.81 bits per heavy atom. The summed E-state index contributed by atoms with van der Waals surface area (Å²) in [6.07, 6.45) is -1.12. The maximum Gasteiger partial charge on any atom is 0.308 e. The molecule has 8 heteroatoms. The first kappa shape index (κ1) is 19.3. The maximum absolute atomic E-state index is 12.2. The molecule has 2 amide bonds. The molecule has 2 aromatic carbocycles. The molecule has 1 aliphatic rings. The van der Waals surface area contributed by atoms with Crippen molar-refractivity contribution in [3.63, 3.8) is 0 Å². The summed E-state index contributed by atoms with van der Waals surface area (Å²) in [6, 6.07) is 14.0. The highest BCUT2D eigenvalue weighted by atomic mass is 35.5. The Labute approximate surface area is 165 Å². The number of thioether (sulfide) groups is 1. The maximum atomic E-state index is 12.2. The summed E-state index contributed by atoms with van der Waals surface area (Å²) in [5.74, 6) is -1.35. The van der Waals surface area contributed by atoms with Crippen molar-refractivity contribution in [2.24, 2.45) is 0 Å². The number of esters is 1. The largest absolute Gasteiger partial charge is 0.452 e. The number of halogens is 1. The van der Waals surface area contributed by atoms with Gasteiger partial charge in [-0.1, -0.05) is 29.8 Å². The number of amides is 2. The van der Waals surface area contributed by atoms with Crippen LogP contribution in [0.3, 0.4) is 0 Å². The van der Waals surface area contributed by atoms with Gasteiger partial charge in [-0.15, -0.1) is 11.8 Å². The molecule has 0 saturated heterocycles. The third kappa shape index (κ3) is 5.02. The molecule has 3 rings (SSSR count). The molecule has 0 aromatic heterocycles. The minimum Gasteiger partial charge on any atom is -0.452 e. The van der Waals surface area contributed by atoms with Crippen molar-refractivity contribution < 1.29 is 19.1 Å². The van der Waals surface area contributed by atoms with Crippen LogP contribution in [0.5, 0.6) is 0 Å². The van der Waals surface area contributed by atoms with Crippen molar-refractivity contribution in [3.05, 3.63) is 53.6 Å². The number of anilines is 2. The number of nitrogens with one attached hydrogen (secondary N) is 2. The van der Waals surface area contributed by atoms with Crippen molar-refractivity contribution in [1.29, 1.82) is 0 Å². The van der Waals surface area contributed by atoms with Crippen LogP contribution < -0.4 is 10.6 Å². The van der Waals surface area contributed by atoms with E-state index in [9.17, 15) is 14.4 Å². The van der Waals surface area contributed by atoms with E-state index < -0.39 is 23.2 Å². The molecule has 1 heterocycles. The van der Waals surface area contributed by atoms with E-state index in [2.05, 4.69) is 10.6 Å². The molecule has 2 atom stereocenters. The molecular weight excluding hydrogens is 388 g/mol. The van der Waals surface area contributed by atoms with Gasteiger partial charge in [0.25, 0.3) is 5.91 Å². The molecule has 6 nitrogen and oxygen atoms in total. The monoisotopic (exact) mass is 404 g/mol. The fourth-order valence-corrected chi connectivity index (χ4v) is 3.77. The standard InChI is InChI=1S/C19H17ClN2O4S/c1-11(18(24)21-13-6-4-5-12(20)9-13)26-17(23)10-16-19(25)22-14-7-2-3-8-15(14)27-16/h2-9,11,16H,10H2,1H3,(H,21,24)(H,22,25)/t11-,16-/m0/s1. The lowest BCUT2D eigenvalue weighted by atomic mass is 10.2. The van der Waals surface area contributed by atoms with Crippen molar-refractivity contribution in [2.45, 2.75) is 29.6 Å². The Bertz CT molecular complexity index is 890. The Balaban J connectivity index is 1.54. The number of carbonyl (C=O) groups excluding carboxylic acids is 3. The molecule has 0 bridgehead atoms. The Morgan fingerprint density at radius 1 is 1.26 bits per heavy atom. The summed E-state index contributed by atoms with van der Waals surface area (Å²) in [4.78, 5) is 37.4. The molecule has 2 N–H and O–H groups in total. The third-order valence-corrected chi connectivity index (χ3v) is 5.34. The number of hydrogen-bond donors (Lipinski definition) is 2. The lowest BCUT2D eigenvalue weighted by Gasteiger charge is -2.23. The van der Waals surface area contributed by atoms with E-state index in [1.807, 2.05) is 18.2 Å². The fraction of sp³-hybridized carbons (Fsp3) is 0.211. The Morgan fingerprint density at radius 2 is 2.04 bits per heavy atom. The average Bonchev–Trinajstić information content (AvgIpc) is 2.62. The van der Waals surface area contributed by atoms with Gasteiger partial charge in [-0.3, -0.25) is 14.4 Å². The summed E-state index contributed by atoms with van der Waals surface area (Å²) in [5.41, 5.74) is 1.24. The van der Waals surface area contributed by atoms with Crippen molar-refractivity contribution in [2.75, 3.05) is 10.6 Å². The molecule has 140 valence electrons. The normalized spacial score (nSPS) is 16.7. The van der Waals surface area contributed by atoms with Gasteiger partial charge in [0, 0.05) is 15.6 Å². The SMILES string of the molecule is C[C@H](OC(=O)C[C@@H]1Sc2ccccc2NC1=O)C(=O)Nc1cccc(Cl)c1. The Kier molecular flexibility index (Phi) is 6.03. The number of hydrogen-bond acceptors (Lipinski definition) is 5. The zero-order chi connectivity index (χ0) is 19.4. The highest BCUT2D eigenvalue weighted by Gasteiger charge is 2.30. The summed E-state index contributed by atoms with van der Waals surface area (Å²) in [5, 5.41) is 5.28. The van der Waals surface area contributed by atoms with E-state index in [0.29, 0.717) is 10.7 Å². The van der Waals surface area contributed by atoms with Crippen LogP contribution in [0, 0.1) is 0 Å². The highest BCUT2D eigenvalue weighted by Crippen LogP contribution is 2.36. The van der Waals surface area contributed by atoms with E-state index >= 15 is 0 Å². The van der Waals surface area contributed by atoms with Gasteiger partial charge < -0.3 is 15.4 Å². The Hall–Kier alpha value is -2.51. The molecular formula is C19H17ClN2O4S. The summed E-state index contributed by atoms with van der Waals surface area (Å²) in [7, 11) is 0. The number of fused-ring (bicyclic) bond motifs is 1. The lowest BCUT2D eigenvalue weighted by Crippen LogP contribution is -2.34. The van der Waals surface area contributed by atoms with E-state index in [1.165, 1.54) is 18.7 Å². The molecule has 0 fully saturated rings. The predicted octanol–water partition coefficient (Wildman–Crippen LogP) is 3.71. The molecule has 0 aliphatic carbocycles. The second kappa shape index (κ2) is 8.45. The highest BCUT2D eigenvalue weighted by molar-refractivity contribution is 8.01. The van der Waals surface area contributed by atoms with Gasteiger partial charge in [0.1, 0.15) is 0 Å². The molecule has 0 radical (unpaired) electrons. The third-order valence-electron chi connectivity index (χ3n) is 3.83. The van der Waals surface area contributed by atoms with E-state index in [4.69, 9.17) is 16.3 Å². The van der Waals surface area contributed by atoms with Crippen molar-refractivity contribution in [3.8, 4) is 0 Å². The molecule has 1 aliphatic heterocycles. The van der Waals surface area contributed by atoms with Gasteiger partial charge in [-0.25, -0.2) is 0 Å². The quantitative estimate of drug-likeness (QED) is 0.742. The van der Waals surface area contributed by atoms with Crippen molar-refractivity contribution in [1.82, 2.24) is 0 Å². The minimum atomic E-state index is -1.000. The van der Waals surface area contributed by atoms with Gasteiger partial charge >= 0.3 is 5.97 Å². The van der Waals surface area contributed by atoms with E-state index in [-0.39, 0.29) is 12.3 Å². The van der Waals surface area contributed by atoms with Crippen LogP contribution in [0.4, 0.5) is 11.4 Å². The molecule has 0 unspecified atom stereocenters. The molecule has 2 aromatic rings. The van der Waals surface area contributed by atoms with Crippen LogP contribution in [0.1, 0.15) is 13.3 Å². The van der Waals surface area contributed by atoms with Crippen molar-refractivity contribution >= 4 is 52.5 Å². The molecule has 0 spiro atoms. The summed E-state index contributed by atoms with van der Waals surface area (Å²) < 4.78 is 5.18. The van der Waals surface area contributed by atoms with E-state index in [1.54, 1.807) is 30.3 Å². The van der Waals surface area contributed by atoms with Gasteiger partial charge in [-0.05, 0) is 37.3 Å². The van der Waals surface area contributed by atoms with Gasteiger partial charge in [-0.2, -0.15) is 0 Å². The second-order valence-electron chi connectivity index (χ2n) is 5.93. The van der Waals surface area contributed by atoms with Crippen LogP contribution in [-0.4, -0.2) is 29.1 Å². The first-order valence-corrected chi connectivity index (χ1v) is 9.50. The zero-order valence-electron chi connectivity index (χ0n) is 14.4. The fourth-order valence-electron chi connectivity index (χ4n) is 2.49. The first-order valence-electron chi connectivity index (χ1n) is 8.25. The van der Waals surface area contributed by atoms with Crippen LogP contribution in [0.15, 0.2) is 53.4 Å². The van der Waals surface area contributed by atoms with Crippen LogP contribution >= 0.6 is 23.4 Å². The summed E-state index contributed by atoms with van der Waals surface area (Å²) in [6.45, 7) is 1.47. The average molecular weight is 405 g/mol. The second-order valence-corrected chi connectivity index (χ2v) is 7.61. The van der Waals surface area contributed by atoms with E-state index in [0.717, 1.165) is 10.6 Å². The molecule has 27 heavy (non-hydrogen) atoms. The minimum absolute atomic E-state index is 0.125. The van der Waals surface area contributed by atoms with Crippen LogP contribution in [-0.2, 0) is 19.1 Å². The smallest absolute Gasteiger partial charge is 0.308 e. The van der Waals surface area contributed by atoms with Gasteiger partial charge in [0.15, 0.2) is 6.10 Å². The van der Waals surface area contributed by atoms with Crippen LogP contribution in [0.2, 0.25) is 5.02 Å². The summed E-state index contributed by atoms with van der Waals surface area (Å²) >= 11 is 7.18. The van der Waals surface area contributed by atoms with Gasteiger partial charge in [0.2, 0.25) is 5.91 Å². The number of rotatable bonds is 5. The predicted molar refractivity (Wildman–Crippen MR) is 105 cm³/mol. The van der Waals surface area contributed by atoms with Gasteiger partial charge in [0.05, 0.1) is 17.4 Å². The van der Waals surface area contributed by atoms with Crippen LogP contribution in [0.25, 0.3) is 0 Å². The zero-order valence-corrected chi connectivity index (χ0v) is 16.0.